The number of benzene rings is 10. The fraction of sp³-hybridized carbons (Fsp3) is 0.0769. The molecule has 316 valence electrons. The average Bonchev–Trinajstić information content (AvgIpc) is 3.94. The fourth-order valence-corrected chi connectivity index (χ4v) is 12.8. The molecule has 1 heterocycles. The van der Waals surface area contributed by atoms with Gasteiger partial charge in [0, 0.05) is 39.0 Å². The minimum Gasteiger partial charge on any atom is -0.457 e. The van der Waals surface area contributed by atoms with Crippen molar-refractivity contribution in [3.63, 3.8) is 0 Å². The van der Waals surface area contributed by atoms with Gasteiger partial charge in [0.05, 0.1) is 5.41 Å². The summed E-state index contributed by atoms with van der Waals surface area (Å²) < 4.78 is 6.75. The Balaban J connectivity index is 1.05. The van der Waals surface area contributed by atoms with E-state index in [1.165, 1.54) is 77.9 Å². The van der Waals surface area contributed by atoms with E-state index in [0.29, 0.717) is 0 Å². The SMILES string of the molecule is CC1(c2ccccc2)c2ccccc2-c2ccc(N(c3ccc4c(c3)C(C)(c3ccccc3)c3ccccc3-4)c3ccc4c(c3)C3(c5ccccc5Oc5ccccc53)c3ccccc3-4)cc21. The molecule has 2 heteroatoms. The predicted molar refractivity (Wildman–Crippen MR) is 273 cm³/mol. The Bertz CT molecular complexity index is 3470. The molecule has 2 nitrogen and oxygen atoms in total. The number of rotatable bonds is 5. The zero-order chi connectivity index (χ0) is 44.5. The minimum absolute atomic E-state index is 0.362. The molecule has 0 amide bonds. The first-order valence-electron chi connectivity index (χ1n) is 23.5. The van der Waals surface area contributed by atoms with Gasteiger partial charge < -0.3 is 9.64 Å². The first-order valence-corrected chi connectivity index (χ1v) is 23.5. The van der Waals surface area contributed by atoms with Crippen LogP contribution in [0.15, 0.2) is 237 Å². The summed E-state index contributed by atoms with van der Waals surface area (Å²) in [6, 6.07) is 88.0. The van der Waals surface area contributed by atoms with Gasteiger partial charge in [0.25, 0.3) is 0 Å². The molecule has 67 heavy (non-hydrogen) atoms. The summed E-state index contributed by atoms with van der Waals surface area (Å²) in [4.78, 5) is 2.53. The van der Waals surface area contributed by atoms with E-state index in [4.69, 9.17) is 4.74 Å². The van der Waals surface area contributed by atoms with Gasteiger partial charge in [0.1, 0.15) is 11.5 Å². The van der Waals surface area contributed by atoms with Crippen molar-refractivity contribution in [2.75, 3.05) is 4.90 Å². The standard InChI is InChI=1S/C65H45NO/c1-63(42-19-5-3-6-20-42)53-26-12-9-23-47(53)50-36-33-44(39-58(50)63)66(45-34-37-51-48-24-10-13-27-54(48)64(2,59(51)40-45)43-21-7-4-8-22-43)46-35-38-52-49-25-11-14-28-55(49)65(60(52)41-46)56-29-15-17-31-61(56)67-62-32-18-16-30-57(62)65/h3-41H,1-2H3. The van der Waals surface area contributed by atoms with Crippen molar-refractivity contribution in [2.24, 2.45) is 0 Å². The molecule has 2 atom stereocenters. The molecule has 2 unspecified atom stereocenters. The van der Waals surface area contributed by atoms with Gasteiger partial charge in [0.2, 0.25) is 0 Å². The van der Waals surface area contributed by atoms with E-state index in [0.717, 1.165) is 39.7 Å². The van der Waals surface area contributed by atoms with Crippen molar-refractivity contribution >= 4 is 17.1 Å². The Kier molecular flexibility index (Phi) is 7.91. The van der Waals surface area contributed by atoms with Gasteiger partial charge in [-0.1, -0.05) is 188 Å². The minimum atomic E-state index is -0.601. The van der Waals surface area contributed by atoms with Crippen LogP contribution in [0.25, 0.3) is 33.4 Å². The van der Waals surface area contributed by atoms with Crippen LogP contribution in [0.4, 0.5) is 17.1 Å². The lowest BCUT2D eigenvalue weighted by atomic mass is 9.66. The van der Waals surface area contributed by atoms with Gasteiger partial charge in [-0.2, -0.15) is 0 Å². The van der Waals surface area contributed by atoms with Gasteiger partial charge in [-0.3, -0.25) is 0 Å². The monoisotopic (exact) mass is 855 g/mol. The van der Waals surface area contributed by atoms with E-state index in [2.05, 4.69) is 255 Å². The summed E-state index contributed by atoms with van der Waals surface area (Å²) in [6.07, 6.45) is 0. The van der Waals surface area contributed by atoms with Crippen molar-refractivity contribution in [1.29, 1.82) is 0 Å². The number of ether oxygens (including phenoxy) is 1. The molecule has 10 aromatic carbocycles. The summed E-state index contributed by atoms with van der Waals surface area (Å²) >= 11 is 0. The van der Waals surface area contributed by atoms with Crippen LogP contribution < -0.4 is 9.64 Å². The quantitative estimate of drug-likeness (QED) is 0.171. The Morgan fingerprint density at radius 3 is 1.07 bits per heavy atom. The summed E-state index contributed by atoms with van der Waals surface area (Å²) in [6.45, 7) is 4.82. The highest BCUT2D eigenvalue weighted by Crippen LogP contribution is 2.63. The van der Waals surface area contributed by atoms with Crippen LogP contribution in [0.5, 0.6) is 11.5 Å². The van der Waals surface area contributed by atoms with Gasteiger partial charge >= 0.3 is 0 Å². The molecule has 4 aliphatic rings. The highest BCUT2D eigenvalue weighted by Gasteiger charge is 2.51. The lowest BCUT2D eigenvalue weighted by molar-refractivity contribution is 0.436. The molecule has 0 aromatic heterocycles. The molecule has 1 aliphatic heterocycles. The van der Waals surface area contributed by atoms with Crippen molar-refractivity contribution < 1.29 is 4.74 Å². The zero-order valence-corrected chi connectivity index (χ0v) is 37.4. The van der Waals surface area contributed by atoms with Crippen molar-refractivity contribution in [3.05, 3.63) is 292 Å². The van der Waals surface area contributed by atoms with Crippen LogP contribution >= 0.6 is 0 Å². The second-order valence-corrected chi connectivity index (χ2v) is 19.0. The van der Waals surface area contributed by atoms with Crippen LogP contribution in [0.2, 0.25) is 0 Å². The van der Waals surface area contributed by atoms with Crippen LogP contribution in [0.1, 0.15) is 69.5 Å². The van der Waals surface area contributed by atoms with E-state index in [1.54, 1.807) is 0 Å². The molecule has 0 bridgehead atoms. The topological polar surface area (TPSA) is 12.5 Å². The summed E-state index contributed by atoms with van der Waals surface area (Å²) in [5.74, 6) is 1.78. The average molecular weight is 856 g/mol. The first-order chi connectivity index (χ1) is 33.0. The lowest BCUT2D eigenvalue weighted by Crippen LogP contribution is -2.32. The molecule has 14 rings (SSSR count). The Hall–Kier alpha value is -8.20. The molecular weight excluding hydrogens is 811 g/mol. The molecule has 0 saturated carbocycles. The molecule has 3 aliphatic carbocycles. The molecule has 0 N–H and O–H groups in total. The third-order valence-electron chi connectivity index (χ3n) is 15.9. The number of anilines is 3. The van der Waals surface area contributed by atoms with E-state index in [9.17, 15) is 0 Å². The lowest BCUT2D eigenvalue weighted by Gasteiger charge is -2.39. The van der Waals surface area contributed by atoms with Gasteiger partial charge in [-0.05, 0) is 140 Å². The number of fused-ring (bicyclic) bond motifs is 15. The third kappa shape index (κ3) is 5.00. The molecule has 10 aromatic rings. The van der Waals surface area contributed by atoms with Gasteiger partial charge in [-0.15, -0.1) is 0 Å². The normalized spacial score (nSPS) is 18.1. The highest BCUT2D eigenvalue weighted by molar-refractivity contribution is 5.94. The van der Waals surface area contributed by atoms with Gasteiger partial charge in [0.15, 0.2) is 0 Å². The van der Waals surface area contributed by atoms with Crippen molar-refractivity contribution in [1.82, 2.24) is 0 Å². The maximum atomic E-state index is 6.75. The number of hydrogen-bond acceptors (Lipinski definition) is 2. The van der Waals surface area contributed by atoms with Crippen LogP contribution in [0, 0.1) is 0 Å². The van der Waals surface area contributed by atoms with E-state index in [1.807, 2.05) is 0 Å². The van der Waals surface area contributed by atoms with E-state index in [-0.39, 0.29) is 10.8 Å². The smallest absolute Gasteiger partial charge is 0.132 e. The number of para-hydroxylation sites is 2. The van der Waals surface area contributed by atoms with E-state index >= 15 is 0 Å². The number of nitrogens with zero attached hydrogens (tertiary/aromatic N) is 1. The second-order valence-electron chi connectivity index (χ2n) is 19.0. The fourth-order valence-electron chi connectivity index (χ4n) is 12.8. The second kappa shape index (κ2) is 13.9. The molecule has 0 radical (unpaired) electrons. The molecular formula is C65H45NO. The Labute approximate surface area is 392 Å². The highest BCUT2D eigenvalue weighted by atomic mass is 16.5. The maximum Gasteiger partial charge on any atom is 0.132 e. The van der Waals surface area contributed by atoms with Gasteiger partial charge in [-0.25, -0.2) is 0 Å². The summed E-state index contributed by atoms with van der Waals surface area (Å²) in [5.41, 5.74) is 22.4. The number of hydrogen-bond donors (Lipinski definition) is 0. The maximum absolute atomic E-state index is 6.75. The van der Waals surface area contributed by atoms with Crippen LogP contribution in [-0.4, -0.2) is 0 Å². The Morgan fingerprint density at radius 1 is 0.284 bits per heavy atom. The largest absolute Gasteiger partial charge is 0.457 e. The zero-order valence-electron chi connectivity index (χ0n) is 37.4. The first kappa shape index (κ1) is 38.1. The molecule has 1 spiro atoms. The van der Waals surface area contributed by atoms with Crippen molar-refractivity contribution in [3.8, 4) is 44.9 Å². The molecule has 0 saturated heterocycles. The third-order valence-corrected chi connectivity index (χ3v) is 15.9. The predicted octanol–water partition coefficient (Wildman–Crippen LogP) is 16.3. The van der Waals surface area contributed by atoms with E-state index < -0.39 is 5.41 Å². The van der Waals surface area contributed by atoms with Crippen molar-refractivity contribution in [2.45, 2.75) is 30.1 Å². The Morgan fingerprint density at radius 2 is 0.612 bits per heavy atom. The molecule has 0 fully saturated rings. The van der Waals surface area contributed by atoms with Crippen LogP contribution in [-0.2, 0) is 16.2 Å². The summed E-state index contributed by atoms with van der Waals surface area (Å²) in [5, 5.41) is 0. The summed E-state index contributed by atoms with van der Waals surface area (Å²) in [7, 11) is 0. The van der Waals surface area contributed by atoms with Crippen LogP contribution in [0.3, 0.4) is 0 Å².